The Kier molecular flexibility index (Phi) is 9.06. The Morgan fingerprint density at radius 3 is 2.43 bits per heavy atom. The molecule has 3 aliphatic rings. The first-order valence-electron chi connectivity index (χ1n) is 22.4. The Hall–Kier alpha value is -8.15. The van der Waals surface area contributed by atoms with E-state index in [9.17, 15) is 0 Å². The number of hydrogen-bond donors (Lipinski definition) is 2. The van der Waals surface area contributed by atoms with E-state index >= 15 is 0 Å². The molecule has 7 aromatic carbocycles. The summed E-state index contributed by atoms with van der Waals surface area (Å²) in [5.41, 5.74) is 18.9. The average molecular weight is 839 g/mol. The number of para-hydroxylation sites is 3. The number of aliphatic imine (C=N–C) groups is 1. The largest absolute Gasteiger partial charge is 0.455 e. The highest BCUT2D eigenvalue weighted by Gasteiger charge is 2.32. The maximum absolute atomic E-state index is 6.43. The van der Waals surface area contributed by atoms with Gasteiger partial charge in [-0.25, -0.2) is 0 Å². The lowest BCUT2D eigenvalue weighted by Gasteiger charge is -2.29. The molecule has 2 aromatic heterocycles. The highest BCUT2D eigenvalue weighted by atomic mass is 16.3. The van der Waals surface area contributed by atoms with Crippen molar-refractivity contribution in [1.29, 1.82) is 0 Å². The van der Waals surface area contributed by atoms with Crippen LogP contribution in [0.25, 0.3) is 95.4 Å². The van der Waals surface area contributed by atoms with E-state index in [2.05, 4.69) is 192 Å². The molecule has 2 N–H and O–H groups in total. The zero-order valence-electron chi connectivity index (χ0n) is 36.4. The van der Waals surface area contributed by atoms with Gasteiger partial charge in [0.15, 0.2) is 0 Å². The fraction of sp³-hybridized carbons (Fsp3) is 0.0833. The van der Waals surface area contributed by atoms with Gasteiger partial charge in [0, 0.05) is 79.6 Å². The summed E-state index contributed by atoms with van der Waals surface area (Å²) in [5, 5.41) is 13.7. The lowest BCUT2D eigenvalue weighted by molar-refractivity contribution is 0.604. The van der Waals surface area contributed by atoms with Crippen molar-refractivity contribution >= 4 is 91.3 Å². The van der Waals surface area contributed by atoms with Gasteiger partial charge in [0.05, 0.1) is 22.8 Å². The van der Waals surface area contributed by atoms with Crippen LogP contribution in [0, 0.1) is 0 Å². The molecule has 65 heavy (non-hydrogen) atoms. The number of allylic oxidation sites excluding steroid dienone is 5. The molecule has 5 nitrogen and oxygen atoms in total. The number of nitrogens with zero attached hydrogens (tertiary/aromatic N) is 2. The second-order valence-electron chi connectivity index (χ2n) is 17.1. The second-order valence-corrected chi connectivity index (χ2v) is 17.1. The third-order valence-electron chi connectivity index (χ3n) is 13.8. The molecule has 3 heterocycles. The molecule has 0 fully saturated rings. The van der Waals surface area contributed by atoms with Crippen molar-refractivity contribution in [2.75, 3.05) is 17.7 Å². The van der Waals surface area contributed by atoms with Gasteiger partial charge in [-0.15, -0.1) is 0 Å². The molecule has 0 saturated carbocycles. The zero-order chi connectivity index (χ0) is 43.8. The Morgan fingerprint density at radius 1 is 0.785 bits per heavy atom. The van der Waals surface area contributed by atoms with Crippen molar-refractivity contribution in [3.63, 3.8) is 0 Å². The molecule has 0 spiro atoms. The minimum absolute atomic E-state index is 0.225. The highest BCUT2D eigenvalue weighted by Crippen LogP contribution is 2.51. The monoisotopic (exact) mass is 838 g/mol. The molecule has 2 aliphatic carbocycles. The summed E-state index contributed by atoms with van der Waals surface area (Å²) in [6.07, 6.45) is 18.1. The number of benzene rings is 7. The number of aromatic nitrogens is 1. The van der Waals surface area contributed by atoms with Crippen LogP contribution < -0.4 is 10.6 Å². The van der Waals surface area contributed by atoms with Gasteiger partial charge >= 0.3 is 0 Å². The van der Waals surface area contributed by atoms with Gasteiger partial charge in [0.25, 0.3) is 0 Å². The van der Waals surface area contributed by atoms with Crippen LogP contribution in [0.4, 0.5) is 11.4 Å². The third-order valence-corrected chi connectivity index (χ3v) is 13.8. The van der Waals surface area contributed by atoms with Gasteiger partial charge in [0.2, 0.25) is 0 Å². The quantitative estimate of drug-likeness (QED) is 0.142. The summed E-state index contributed by atoms with van der Waals surface area (Å²) in [6.45, 7) is 10.2. The van der Waals surface area contributed by atoms with Gasteiger partial charge in [-0.1, -0.05) is 152 Å². The van der Waals surface area contributed by atoms with Crippen LogP contribution in [-0.2, 0) is 0 Å². The lowest BCUT2D eigenvalue weighted by Crippen LogP contribution is -2.18. The molecule has 2 atom stereocenters. The standard InChI is InChI=1S/C60H46N4O/c1-5-15-55-40(6-2)46-23-13-20-42(60(46)65-55)37-26-28-38(29-27-37)57(62-4)48-32-30-36-16-7-8-17-41(36)58(48)63-51-24-11-9-19-47(51)56-49-35-50-45-22-14-21-44-43-18-10-12-25-53(43)64(59(44)45)54(50)34-39(49)31-33-52(56)61-3/h5-17,19-35,43,58,61,63H,2,4,18H2,1,3H3/b15-5-,57-48-. The maximum atomic E-state index is 6.43. The fourth-order valence-corrected chi connectivity index (χ4v) is 10.8. The van der Waals surface area contributed by atoms with Crippen molar-refractivity contribution in [2.45, 2.75) is 25.3 Å². The first kappa shape index (κ1) is 38.5. The number of rotatable bonds is 9. The summed E-state index contributed by atoms with van der Waals surface area (Å²) >= 11 is 0. The molecule has 312 valence electrons. The Morgan fingerprint density at radius 2 is 1.58 bits per heavy atom. The first-order chi connectivity index (χ1) is 32.1. The van der Waals surface area contributed by atoms with Gasteiger partial charge in [0.1, 0.15) is 11.3 Å². The molecule has 0 saturated heterocycles. The minimum Gasteiger partial charge on any atom is -0.455 e. The summed E-state index contributed by atoms with van der Waals surface area (Å²) in [7, 11) is 2.02. The van der Waals surface area contributed by atoms with Crippen LogP contribution in [0.1, 0.15) is 58.9 Å². The number of furan rings is 1. The van der Waals surface area contributed by atoms with E-state index in [0.29, 0.717) is 5.92 Å². The molecule has 12 rings (SSSR count). The number of anilines is 2. The highest BCUT2D eigenvalue weighted by molar-refractivity contribution is 6.19. The molecule has 0 amide bonds. The second kappa shape index (κ2) is 15.3. The van der Waals surface area contributed by atoms with E-state index in [4.69, 9.17) is 9.41 Å². The van der Waals surface area contributed by atoms with Gasteiger partial charge in [-0.3, -0.25) is 4.99 Å². The third kappa shape index (κ3) is 5.89. The van der Waals surface area contributed by atoms with Crippen LogP contribution in [0.15, 0.2) is 185 Å². The van der Waals surface area contributed by atoms with Gasteiger partial charge < -0.3 is 19.6 Å². The van der Waals surface area contributed by atoms with Gasteiger partial charge in [-0.05, 0) is 89.5 Å². The van der Waals surface area contributed by atoms with Crippen LogP contribution in [0.2, 0.25) is 0 Å². The van der Waals surface area contributed by atoms with Gasteiger partial charge in [-0.2, -0.15) is 0 Å². The van der Waals surface area contributed by atoms with E-state index in [1.54, 1.807) is 0 Å². The normalized spacial score (nSPS) is 16.9. The molecule has 0 radical (unpaired) electrons. The first-order valence-corrected chi connectivity index (χ1v) is 22.4. The van der Waals surface area contributed by atoms with E-state index in [-0.39, 0.29) is 6.04 Å². The Labute approximate surface area is 378 Å². The topological polar surface area (TPSA) is 54.5 Å². The van der Waals surface area contributed by atoms with Crippen molar-refractivity contribution in [3.05, 3.63) is 210 Å². The van der Waals surface area contributed by atoms with E-state index in [1.807, 2.05) is 32.2 Å². The smallest absolute Gasteiger partial charge is 0.143 e. The SMILES string of the molecule is C=Cc1c(/C=C\C)oc2c(-c3ccc(/C(N=C)=C4\C=Cc5ccccc5C4Nc4ccccc4-c4c(NC)ccc5cc6c(cc45)c4cccc5c4n6C4=CC=CCC45)cc3)cccc12. The predicted molar refractivity (Wildman–Crippen MR) is 277 cm³/mol. The van der Waals surface area contributed by atoms with Crippen molar-refractivity contribution in [1.82, 2.24) is 4.57 Å². The molecule has 2 unspecified atom stereocenters. The van der Waals surface area contributed by atoms with Crippen LogP contribution in [0.3, 0.4) is 0 Å². The van der Waals surface area contributed by atoms with E-state index < -0.39 is 0 Å². The predicted octanol–water partition coefficient (Wildman–Crippen LogP) is 15.9. The zero-order valence-corrected chi connectivity index (χ0v) is 36.4. The summed E-state index contributed by atoms with van der Waals surface area (Å²) in [6, 6.07) is 48.2. The van der Waals surface area contributed by atoms with Crippen LogP contribution in [0.5, 0.6) is 0 Å². The number of fused-ring (bicyclic) bond motifs is 9. The Bertz CT molecular complexity index is 3640. The lowest BCUT2D eigenvalue weighted by atomic mass is 9.85. The minimum atomic E-state index is -0.225. The number of hydrogen-bond acceptors (Lipinski definition) is 4. The molecule has 9 aromatic rings. The summed E-state index contributed by atoms with van der Waals surface area (Å²) in [4.78, 5) is 4.77. The molecule has 1 aliphatic heterocycles. The molecule has 5 heteroatoms. The van der Waals surface area contributed by atoms with E-state index in [1.165, 1.54) is 55.0 Å². The molecular formula is C60H46N4O. The Balaban J connectivity index is 0.983. The van der Waals surface area contributed by atoms with Crippen molar-refractivity contribution in [3.8, 4) is 22.3 Å². The maximum Gasteiger partial charge on any atom is 0.143 e. The van der Waals surface area contributed by atoms with E-state index in [0.717, 1.165) is 79.2 Å². The molecular weight excluding hydrogens is 793 g/mol. The summed E-state index contributed by atoms with van der Waals surface area (Å²) in [5.74, 6) is 1.21. The summed E-state index contributed by atoms with van der Waals surface area (Å²) < 4.78 is 8.95. The number of nitrogens with one attached hydrogen (secondary N) is 2. The van der Waals surface area contributed by atoms with Crippen molar-refractivity contribution in [2.24, 2.45) is 4.99 Å². The average Bonchev–Trinajstić information content (AvgIpc) is 4.01. The molecule has 0 bridgehead atoms. The van der Waals surface area contributed by atoms with Crippen LogP contribution in [-0.4, -0.2) is 18.3 Å². The van der Waals surface area contributed by atoms with Crippen molar-refractivity contribution < 1.29 is 4.42 Å². The fourth-order valence-electron chi connectivity index (χ4n) is 10.8. The van der Waals surface area contributed by atoms with Crippen LogP contribution >= 0.6 is 0 Å².